The van der Waals surface area contributed by atoms with Crippen molar-refractivity contribution >= 4 is 23.4 Å². The number of alkyl halides is 12. The van der Waals surface area contributed by atoms with Crippen LogP contribution in [0.2, 0.25) is 0 Å². The molecule has 0 saturated carbocycles. The number of hydrogen-bond acceptors (Lipinski definition) is 3. The first-order valence-corrected chi connectivity index (χ1v) is 13.0. The van der Waals surface area contributed by atoms with Crippen LogP contribution < -0.4 is 5.32 Å². The first-order valence-electron chi connectivity index (χ1n) is 11.8. The summed E-state index contributed by atoms with van der Waals surface area (Å²) in [5.74, 6) is -1.76. The average molecular weight is 624 g/mol. The topological polar surface area (TPSA) is 41.5 Å². The smallest absolute Gasteiger partial charge is 0.351 e. The highest BCUT2D eigenvalue weighted by atomic mass is 32.2. The summed E-state index contributed by atoms with van der Waals surface area (Å²) < 4.78 is 166. The van der Waals surface area contributed by atoms with Gasteiger partial charge >= 0.3 is 24.7 Å². The molecule has 4 rings (SSSR count). The number of thioether (sulfide) groups is 1. The summed E-state index contributed by atoms with van der Waals surface area (Å²) in [4.78, 5) is 16.3. The summed E-state index contributed by atoms with van der Waals surface area (Å²) >= 11 is 1.46. The van der Waals surface area contributed by atoms with Crippen LogP contribution in [-0.4, -0.2) is 48.1 Å². The third-order valence-electron chi connectivity index (χ3n) is 7.47. The fraction of sp³-hybridized carbons (Fsp3) is 0.520. The number of nitrogens with zero attached hydrogens (tertiary/aromatic N) is 1. The molecule has 2 heterocycles. The van der Waals surface area contributed by atoms with Gasteiger partial charge in [-0.25, -0.2) is 0 Å². The molecule has 1 N–H and O–H groups in total. The van der Waals surface area contributed by atoms with Gasteiger partial charge < -0.3 is 5.32 Å². The molecule has 0 bridgehead atoms. The van der Waals surface area contributed by atoms with Crippen molar-refractivity contribution in [2.24, 2.45) is 16.3 Å². The highest BCUT2D eigenvalue weighted by Crippen LogP contribution is 2.53. The lowest BCUT2D eigenvalue weighted by atomic mass is 9.69. The van der Waals surface area contributed by atoms with Gasteiger partial charge in [-0.05, 0) is 36.3 Å². The van der Waals surface area contributed by atoms with Gasteiger partial charge in [0.05, 0.1) is 29.0 Å². The van der Waals surface area contributed by atoms with E-state index in [0.717, 1.165) is 12.2 Å². The summed E-state index contributed by atoms with van der Waals surface area (Å²) in [6, 6.07) is -0.764. The van der Waals surface area contributed by atoms with Crippen LogP contribution in [0, 0.1) is 11.3 Å². The van der Waals surface area contributed by atoms with Gasteiger partial charge in [0.2, 0.25) is 5.91 Å². The first kappa shape index (κ1) is 31.3. The Bertz CT molecular complexity index is 1270. The van der Waals surface area contributed by atoms with Crippen molar-refractivity contribution < 1.29 is 57.5 Å². The third kappa shape index (κ3) is 5.72. The van der Waals surface area contributed by atoms with Gasteiger partial charge in [-0.3, -0.25) is 9.79 Å². The Morgan fingerprint density at radius 3 is 1.90 bits per heavy atom. The average Bonchev–Trinajstić information content (AvgIpc) is 3.26. The predicted molar refractivity (Wildman–Crippen MR) is 125 cm³/mol. The molecule has 41 heavy (non-hydrogen) atoms. The van der Waals surface area contributed by atoms with Gasteiger partial charge in [-0.15, -0.1) is 0 Å². The molecule has 3 nitrogen and oxygen atoms in total. The van der Waals surface area contributed by atoms with Crippen molar-refractivity contribution in [2.75, 3.05) is 18.1 Å². The molecule has 3 unspecified atom stereocenters. The molecule has 226 valence electrons. The molecule has 1 saturated heterocycles. The predicted octanol–water partition coefficient (Wildman–Crippen LogP) is 7.28. The molecule has 3 aliphatic rings. The van der Waals surface area contributed by atoms with Gasteiger partial charge in [0.1, 0.15) is 5.41 Å². The number of carbonyl (C=O) groups excluding carboxylic acids is 1. The second-order valence-electron chi connectivity index (χ2n) is 10.3. The molecule has 1 aromatic rings. The molecular formula is C25H20F12N2OS. The Morgan fingerprint density at radius 2 is 1.46 bits per heavy atom. The number of amides is 1. The normalized spacial score (nSPS) is 27.8. The van der Waals surface area contributed by atoms with E-state index in [1.54, 1.807) is 0 Å². The van der Waals surface area contributed by atoms with E-state index in [4.69, 9.17) is 0 Å². The first-order chi connectivity index (χ1) is 18.6. The number of carbonyl (C=O) groups is 1. The van der Waals surface area contributed by atoms with Crippen molar-refractivity contribution in [3.63, 3.8) is 0 Å². The van der Waals surface area contributed by atoms with Crippen LogP contribution in [0.4, 0.5) is 52.7 Å². The minimum absolute atomic E-state index is 0.0504. The number of benzene rings is 1. The zero-order valence-corrected chi connectivity index (χ0v) is 21.6. The molecule has 2 aliphatic heterocycles. The van der Waals surface area contributed by atoms with E-state index in [2.05, 4.69) is 10.3 Å². The summed E-state index contributed by atoms with van der Waals surface area (Å²) in [7, 11) is 0. The van der Waals surface area contributed by atoms with E-state index in [0.29, 0.717) is 24.5 Å². The molecule has 1 fully saturated rings. The highest BCUT2D eigenvalue weighted by molar-refractivity contribution is 8.00. The lowest BCUT2D eigenvalue weighted by molar-refractivity contribution is -0.213. The number of aliphatic imine (C=N–C) groups is 1. The number of nitrogens with one attached hydrogen (secondary N) is 1. The summed E-state index contributed by atoms with van der Waals surface area (Å²) in [5.41, 5.74) is -12.7. The Labute approximate surface area is 229 Å². The van der Waals surface area contributed by atoms with Crippen molar-refractivity contribution in [3.05, 3.63) is 58.7 Å². The third-order valence-corrected chi connectivity index (χ3v) is 8.75. The number of allylic oxidation sites excluding steroid dienone is 3. The Morgan fingerprint density at radius 1 is 0.902 bits per heavy atom. The molecule has 0 radical (unpaired) electrons. The molecule has 3 atom stereocenters. The van der Waals surface area contributed by atoms with Gasteiger partial charge in [0.25, 0.3) is 0 Å². The van der Waals surface area contributed by atoms with Gasteiger partial charge in [-0.1, -0.05) is 18.2 Å². The quantitative estimate of drug-likeness (QED) is 0.358. The maximum Gasteiger partial charge on any atom is 0.416 e. The van der Waals surface area contributed by atoms with Crippen LogP contribution in [0.25, 0.3) is 0 Å². The van der Waals surface area contributed by atoms with Crippen LogP contribution in [0.5, 0.6) is 0 Å². The molecule has 16 heteroatoms. The molecule has 1 aliphatic carbocycles. The zero-order chi connectivity index (χ0) is 30.8. The maximum atomic E-state index is 14.5. The van der Waals surface area contributed by atoms with Gasteiger partial charge in [0, 0.05) is 29.7 Å². The number of halogens is 12. The standard InChI is InChI=1S/C25H20F12N2OS/c1-20(24(32,33)34)7-12(2-3-17(20)19(40)39-16-9-41-10-16)18-8-21(11-38-18,25(35,36)37)13-4-14(22(26,27)28)6-15(5-13)23(29,30)31/h2-7,16-17H,8-11H2,1H3,(H,39,40). The fourth-order valence-electron chi connectivity index (χ4n) is 4.87. The summed E-state index contributed by atoms with van der Waals surface area (Å²) in [6.07, 6.45) is -20.3. The maximum absolute atomic E-state index is 14.5. The molecule has 0 spiro atoms. The van der Waals surface area contributed by atoms with E-state index in [9.17, 15) is 57.5 Å². The van der Waals surface area contributed by atoms with Crippen LogP contribution in [0.3, 0.4) is 0 Å². The monoisotopic (exact) mass is 624 g/mol. The van der Waals surface area contributed by atoms with Crippen molar-refractivity contribution in [2.45, 2.75) is 49.5 Å². The summed E-state index contributed by atoms with van der Waals surface area (Å²) in [6.45, 7) is -0.688. The Hall–Kier alpha value is -2.65. The fourth-order valence-corrected chi connectivity index (χ4v) is 5.51. The Kier molecular flexibility index (Phi) is 7.61. The summed E-state index contributed by atoms with van der Waals surface area (Å²) in [5, 5.41) is 2.48. The number of hydrogen-bond donors (Lipinski definition) is 1. The lowest BCUT2D eigenvalue weighted by Gasteiger charge is -2.39. The minimum Gasteiger partial charge on any atom is -0.351 e. The largest absolute Gasteiger partial charge is 0.416 e. The highest BCUT2D eigenvalue weighted by Gasteiger charge is 2.61. The van der Waals surface area contributed by atoms with Gasteiger partial charge in [-0.2, -0.15) is 64.4 Å². The Balaban J connectivity index is 1.75. The number of rotatable bonds is 4. The van der Waals surface area contributed by atoms with E-state index < -0.39 is 88.3 Å². The van der Waals surface area contributed by atoms with Crippen LogP contribution >= 0.6 is 11.8 Å². The zero-order valence-electron chi connectivity index (χ0n) is 20.7. The van der Waals surface area contributed by atoms with Crippen molar-refractivity contribution in [3.8, 4) is 0 Å². The van der Waals surface area contributed by atoms with Crippen LogP contribution in [0.1, 0.15) is 30.0 Å². The molecule has 0 aromatic heterocycles. The van der Waals surface area contributed by atoms with E-state index in [1.807, 2.05) is 0 Å². The van der Waals surface area contributed by atoms with E-state index >= 15 is 0 Å². The lowest BCUT2D eigenvalue weighted by Crippen LogP contribution is -2.52. The molecule has 1 aromatic carbocycles. The van der Waals surface area contributed by atoms with Crippen LogP contribution in [-0.2, 0) is 22.6 Å². The van der Waals surface area contributed by atoms with Crippen LogP contribution in [0.15, 0.2) is 47.0 Å². The SMILES string of the molecule is CC1(C(F)(F)F)C=C(C2=NCC(c3cc(C(F)(F)F)cc(C(F)(F)F)c3)(C(F)(F)F)C2)C=CC1C(=O)NC1CSC1. The van der Waals surface area contributed by atoms with Gasteiger partial charge in [0.15, 0.2) is 0 Å². The second-order valence-corrected chi connectivity index (χ2v) is 11.3. The minimum atomic E-state index is -5.44. The molecule has 1 amide bonds. The van der Waals surface area contributed by atoms with Crippen molar-refractivity contribution in [1.29, 1.82) is 0 Å². The second kappa shape index (κ2) is 9.97. The molecular weight excluding hydrogens is 604 g/mol. The van der Waals surface area contributed by atoms with E-state index in [-0.39, 0.29) is 24.2 Å². The van der Waals surface area contributed by atoms with E-state index in [1.165, 1.54) is 11.8 Å². The van der Waals surface area contributed by atoms with Crippen molar-refractivity contribution in [1.82, 2.24) is 5.32 Å².